The number of alkyl carbamates (subject to hydrolysis) is 1. The van der Waals surface area contributed by atoms with Gasteiger partial charge >= 0.3 is 6.09 Å². The van der Waals surface area contributed by atoms with Gasteiger partial charge in [0.05, 0.1) is 22.4 Å². The van der Waals surface area contributed by atoms with Crippen LogP contribution in [0.25, 0.3) is 0 Å². The van der Waals surface area contributed by atoms with Crippen molar-refractivity contribution >= 4 is 44.9 Å². The molecule has 0 bridgehead atoms. The van der Waals surface area contributed by atoms with Crippen LogP contribution in [0, 0.1) is 5.92 Å². The Morgan fingerprint density at radius 3 is 2.33 bits per heavy atom. The summed E-state index contributed by atoms with van der Waals surface area (Å²) >= 11 is 5.99. The fraction of sp³-hybridized carbons (Fsp3) is 0.444. The third kappa shape index (κ3) is 6.24. The maximum absolute atomic E-state index is 13.9. The van der Waals surface area contributed by atoms with Crippen LogP contribution < -0.4 is 10.2 Å². The number of nitrogens with zero attached hydrogens (tertiary/aromatic N) is 1. The van der Waals surface area contributed by atoms with E-state index >= 15 is 0 Å². The lowest BCUT2D eigenvalue weighted by atomic mass is 10.0. The number of nitrogens with one attached hydrogen (secondary N) is 1. The summed E-state index contributed by atoms with van der Waals surface area (Å²) in [4.78, 5) is 40.3. The van der Waals surface area contributed by atoms with Gasteiger partial charge in [0.2, 0.25) is 0 Å². The number of benzene rings is 2. The minimum Gasteiger partial charge on any atom is -0.444 e. The van der Waals surface area contributed by atoms with Gasteiger partial charge in [0.1, 0.15) is 11.6 Å². The highest BCUT2D eigenvalue weighted by Gasteiger charge is 2.57. The lowest BCUT2D eigenvalue weighted by Crippen LogP contribution is -2.54. The zero-order valence-corrected chi connectivity index (χ0v) is 23.4. The van der Waals surface area contributed by atoms with E-state index < -0.39 is 62.8 Å². The van der Waals surface area contributed by atoms with Crippen molar-refractivity contribution in [2.45, 2.75) is 74.8 Å². The Kier molecular flexibility index (Phi) is 7.54. The average Bonchev–Trinajstić information content (AvgIpc) is 3.45. The Morgan fingerprint density at radius 2 is 1.77 bits per heavy atom. The number of sulfone groups is 1. The first kappa shape index (κ1) is 28.9. The van der Waals surface area contributed by atoms with Crippen LogP contribution in [0.3, 0.4) is 0 Å². The molecule has 0 spiro atoms. The molecule has 2 amide bonds. The monoisotopic (exact) mass is 582 g/mol. The summed E-state index contributed by atoms with van der Waals surface area (Å²) in [7, 11) is -4.22. The third-order valence-electron chi connectivity index (χ3n) is 6.68. The molecule has 2 aromatic carbocycles. The number of rotatable bonds is 6. The van der Waals surface area contributed by atoms with Gasteiger partial charge in [0, 0.05) is 29.3 Å². The summed E-state index contributed by atoms with van der Waals surface area (Å²) < 4.78 is 59.5. The quantitative estimate of drug-likeness (QED) is 0.471. The molecule has 4 rings (SSSR count). The normalized spacial score (nSPS) is 23.4. The van der Waals surface area contributed by atoms with E-state index in [-0.39, 0.29) is 29.1 Å². The van der Waals surface area contributed by atoms with Crippen LogP contribution in [-0.4, -0.2) is 49.0 Å². The molecule has 1 saturated carbocycles. The highest BCUT2D eigenvalue weighted by molar-refractivity contribution is 7.92. The van der Waals surface area contributed by atoms with Gasteiger partial charge in [-0.1, -0.05) is 23.7 Å². The van der Waals surface area contributed by atoms with E-state index in [1.54, 1.807) is 45.0 Å². The molecule has 210 valence electrons. The standard InChI is InChI=1S/C27H29ClF2N2O6S/c1-15-23(31-25(35)38-26(2,3)4)24(34)32(14-16-5-8-19(28)9-6-16)20-11-17(7-10-22(20)39(15,36)37)21(33)12-18-13-27(18,29)30/h5-11,15,18,23H,12-14H2,1-4H3,(H,31,35)/t15-,18?,23+/m1/s1. The Balaban J connectivity index is 1.78. The molecule has 2 aromatic rings. The summed E-state index contributed by atoms with van der Waals surface area (Å²) in [6.07, 6.45) is -1.75. The zero-order chi connectivity index (χ0) is 28.9. The SMILES string of the molecule is C[C@@H]1[C@H](NC(=O)OC(C)(C)C)C(=O)N(Cc2ccc(Cl)cc2)c2cc(C(=O)CC3CC3(F)F)ccc2S1(=O)=O. The first-order chi connectivity index (χ1) is 18.0. The molecule has 1 N–H and O–H groups in total. The molecule has 1 aliphatic carbocycles. The van der Waals surface area contributed by atoms with Gasteiger partial charge in [0.15, 0.2) is 15.6 Å². The van der Waals surface area contributed by atoms with Crippen molar-refractivity contribution in [3.05, 3.63) is 58.6 Å². The number of carbonyl (C=O) groups is 3. The van der Waals surface area contributed by atoms with E-state index in [1.807, 2.05) is 0 Å². The molecule has 1 unspecified atom stereocenters. The van der Waals surface area contributed by atoms with E-state index in [1.165, 1.54) is 30.0 Å². The second-order valence-electron chi connectivity index (χ2n) is 10.9. The second kappa shape index (κ2) is 10.2. The fourth-order valence-corrected chi connectivity index (χ4v) is 6.18. The maximum Gasteiger partial charge on any atom is 0.408 e. The highest BCUT2D eigenvalue weighted by atomic mass is 35.5. The average molecular weight is 583 g/mol. The smallest absolute Gasteiger partial charge is 0.408 e. The molecular formula is C27H29ClF2N2O6S. The van der Waals surface area contributed by atoms with Gasteiger partial charge in [-0.15, -0.1) is 0 Å². The molecule has 2 aliphatic rings. The maximum atomic E-state index is 13.9. The van der Waals surface area contributed by atoms with E-state index in [9.17, 15) is 31.6 Å². The lowest BCUT2D eigenvalue weighted by molar-refractivity contribution is -0.120. The third-order valence-corrected chi connectivity index (χ3v) is 9.14. The first-order valence-electron chi connectivity index (χ1n) is 12.3. The predicted molar refractivity (Wildman–Crippen MR) is 141 cm³/mol. The van der Waals surface area contributed by atoms with Crippen LogP contribution in [0.4, 0.5) is 19.3 Å². The molecule has 1 aliphatic heterocycles. The summed E-state index contributed by atoms with van der Waals surface area (Å²) in [6, 6.07) is 8.70. The van der Waals surface area contributed by atoms with Crippen LogP contribution in [0.15, 0.2) is 47.4 Å². The number of carbonyl (C=O) groups excluding carboxylic acids is 3. The largest absolute Gasteiger partial charge is 0.444 e. The lowest BCUT2D eigenvalue weighted by Gasteiger charge is -2.28. The van der Waals surface area contributed by atoms with Crippen molar-refractivity contribution in [2.24, 2.45) is 5.92 Å². The Labute approximate surface area is 230 Å². The Morgan fingerprint density at radius 1 is 1.15 bits per heavy atom. The van der Waals surface area contributed by atoms with Crippen molar-refractivity contribution in [3.63, 3.8) is 0 Å². The molecule has 0 aromatic heterocycles. The highest BCUT2D eigenvalue weighted by Crippen LogP contribution is 2.51. The number of ketones is 1. The number of alkyl halides is 2. The molecule has 0 radical (unpaired) electrons. The van der Waals surface area contributed by atoms with Gasteiger partial charge in [-0.25, -0.2) is 22.0 Å². The summed E-state index contributed by atoms with van der Waals surface area (Å²) in [5.74, 6) is -5.29. The van der Waals surface area contributed by atoms with Crippen molar-refractivity contribution < 1.29 is 36.3 Å². The minimum absolute atomic E-state index is 0.00626. The topological polar surface area (TPSA) is 110 Å². The molecule has 1 heterocycles. The van der Waals surface area contributed by atoms with E-state index in [0.29, 0.717) is 10.6 Å². The number of Topliss-reactive ketones (excluding diaryl/α,β-unsaturated/α-hetero) is 1. The minimum atomic E-state index is -4.22. The van der Waals surface area contributed by atoms with Gasteiger partial charge in [0.25, 0.3) is 11.8 Å². The molecule has 8 nitrogen and oxygen atoms in total. The van der Waals surface area contributed by atoms with Crippen LogP contribution in [0.2, 0.25) is 5.02 Å². The molecule has 1 fully saturated rings. The number of halogens is 3. The van der Waals surface area contributed by atoms with Gasteiger partial charge in [-0.3, -0.25) is 9.59 Å². The molecule has 12 heteroatoms. The summed E-state index contributed by atoms with van der Waals surface area (Å²) in [5.41, 5.74) is -0.383. The summed E-state index contributed by atoms with van der Waals surface area (Å²) in [6.45, 7) is 6.07. The predicted octanol–water partition coefficient (Wildman–Crippen LogP) is 5.17. The van der Waals surface area contributed by atoms with Crippen LogP contribution in [0.1, 0.15) is 56.5 Å². The number of ether oxygens (including phenoxy) is 1. The van der Waals surface area contributed by atoms with Crippen molar-refractivity contribution in [1.82, 2.24) is 5.32 Å². The molecular weight excluding hydrogens is 554 g/mol. The van der Waals surface area contributed by atoms with Crippen LogP contribution in [0.5, 0.6) is 0 Å². The number of anilines is 1. The van der Waals surface area contributed by atoms with Gasteiger partial charge in [-0.2, -0.15) is 0 Å². The number of hydrogen-bond acceptors (Lipinski definition) is 6. The fourth-order valence-electron chi connectivity index (χ4n) is 4.39. The van der Waals surface area contributed by atoms with Crippen molar-refractivity contribution in [1.29, 1.82) is 0 Å². The van der Waals surface area contributed by atoms with Crippen LogP contribution in [-0.2, 0) is 25.9 Å². The molecule has 0 saturated heterocycles. The molecule has 39 heavy (non-hydrogen) atoms. The zero-order valence-electron chi connectivity index (χ0n) is 21.8. The Hall–Kier alpha value is -3.05. The molecule has 3 atom stereocenters. The second-order valence-corrected chi connectivity index (χ2v) is 13.6. The van der Waals surface area contributed by atoms with E-state index in [2.05, 4.69) is 5.32 Å². The first-order valence-corrected chi connectivity index (χ1v) is 14.3. The number of amides is 2. The van der Waals surface area contributed by atoms with Crippen molar-refractivity contribution in [3.8, 4) is 0 Å². The van der Waals surface area contributed by atoms with E-state index in [4.69, 9.17) is 16.3 Å². The van der Waals surface area contributed by atoms with Gasteiger partial charge < -0.3 is 15.0 Å². The van der Waals surface area contributed by atoms with Crippen LogP contribution >= 0.6 is 11.6 Å². The van der Waals surface area contributed by atoms with E-state index in [0.717, 1.165) is 0 Å². The Bertz CT molecular complexity index is 1420. The summed E-state index contributed by atoms with van der Waals surface area (Å²) in [5, 5.41) is 1.47. The van der Waals surface area contributed by atoms with Crippen molar-refractivity contribution in [2.75, 3.05) is 4.90 Å². The number of hydrogen-bond donors (Lipinski definition) is 1. The number of fused-ring (bicyclic) bond motifs is 1. The van der Waals surface area contributed by atoms with Gasteiger partial charge in [-0.05, 0) is 63.6 Å².